The molecule has 0 saturated carbocycles. The molecule has 4 rings (SSSR count). The first-order valence-corrected chi connectivity index (χ1v) is 12.3. The van der Waals surface area contributed by atoms with Gasteiger partial charge >= 0.3 is 0 Å². The zero-order valence-electron chi connectivity index (χ0n) is 19.1. The van der Waals surface area contributed by atoms with Gasteiger partial charge in [-0.1, -0.05) is 30.8 Å². The average Bonchev–Trinajstić information content (AvgIpc) is 3.48. The first-order valence-electron chi connectivity index (χ1n) is 11.3. The van der Waals surface area contributed by atoms with Crippen LogP contribution in [-0.2, 0) is 20.9 Å². The van der Waals surface area contributed by atoms with Crippen molar-refractivity contribution >= 4 is 46.2 Å². The highest BCUT2D eigenvalue weighted by Crippen LogP contribution is 2.34. The molecule has 0 radical (unpaired) electrons. The first-order chi connectivity index (χ1) is 16.5. The van der Waals surface area contributed by atoms with Crippen LogP contribution >= 0.6 is 11.8 Å². The Labute approximate surface area is 202 Å². The summed E-state index contributed by atoms with van der Waals surface area (Å²) in [7, 11) is 0. The Bertz CT molecular complexity index is 1130. The Morgan fingerprint density at radius 1 is 1.21 bits per heavy atom. The van der Waals surface area contributed by atoms with Gasteiger partial charge in [0, 0.05) is 18.0 Å². The van der Waals surface area contributed by atoms with Crippen molar-refractivity contribution in [1.82, 2.24) is 15.5 Å². The Morgan fingerprint density at radius 2 is 2.03 bits per heavy atom. The number of aliphatic imine (C=N–C) groups is 2. The summed E-state index contributed by atoms with van der Waals surface area (Å²) in [5.74, 6) is 0.783. The Balaban J connectivity index is 1.43. The summed E-state index contributed by atoms with van der Waals surface area (Å²) in [4.78, 5) is 48.6. The van der Waals surface area contributed by atoms with Crippen LogP contribution in [0.2, 0.25) is 0 Å². The maximum atomic E-state index is 13.3. The summed E-state index contributed by atoms with van der Waals surface area (Å²) in [5.41, 5.74) is 1.46. The van der Waals surface area contributed by atoms with Crippen LogP contribution in [0.1, 0.15) is 44.4 Å². The smallest absolute Gasteiger partial charge is 0.259 e. The van der Waals surface area contributed by atoms with E-state index in [1.807, 2.05) is 38.1 Å². The molecule has 2 N–H and O–H groups in total. The number of thioether (sulfide) groups is 1. The van der Waals surface area contributed by atoms with Gasteiger partial charge in [-0.2, -0.15) is 0 Å². The summed E-state index contributed by atoms with van der Waals surface area (Å²) < 4.78 is 5.21. The number of amidine groups is 2. The van der Waals surface area contributed by atoms with E-state index in [1.54, 1.807) is 18.4 Å². The molecule has 9 nitrogen and oxygen atoms in total. The fourth-order valence-electron chi connectivity index (χ4n) is 3.59. The number of carbonyl (C=O) groups is 3. The zero-order valence-corrected chi connectivity index (χ0v) is 19.9. The molecule has 1 aromatic carbocycles. The summed E-state index contributed by atoms with van der Waals surface area (Å²) in [6.07, 6.45) is 2.81. The van der Waals surface area contributed by atoms with Crippen molar-refractivity contribution in [3.8, 4) is 0 Å². The first kappa shape index (κ1) is 23.7. The molecular formula is C24H27N5O4S. The highest BCUT2D eigenvalue weighted by Gasteiger charge is 2.41. The maximum absolute atomic E-state index is 13.3. The molecule has 3 amide bonds. The van der Waals surface area contributed by atoms with E-state index >= 15 is 0 Å². The van der Waals surface area contributed by atoms with Crippen molar-refractivity contribution in [3.63, 3.8) is 0 Å². The average molecular weight is 482 g/mol. The molecule has 178 valence electrons. The minimum atomic E-state index is -0.685. The number of amides is 3. The summed E-state index contributed by atoms with van der Waals surface area (Å²) in [5, 5.41) is 6.13. The molecule has 10 heteroatoms. The van der Waals surface area contributed by atoms with Crippen LogP contribution in [-0.4, -0.2) is 51.5 Å². The van der Waals surface area contributed by atoms with Crippen LogP contribution in [0.3, 0.4) is 0 Å². The molecule has 34 heavy (non-hydrogen) atoms. The molecule has 2 aliphatic heterocycles. The van der Waals surface area contributed by atoms with Gasteiger partial charge in [-0.25, -0.2) is 9.89 Å². The summed E-state index contributed by atoms with van der Waals surface area (Å²) >= 11 is 1.21. The van der Waals surface area contributed by atoms with E-state index in [0.717, 1.165) is 12.0 Å². The minimum Gasteiger partial charge on any atom is -0.467 e. The number of nitrogens with one attached hydrogen (secondary N) is 2. The van der Waals surface area contributed by atoms with Gasteiger partial charge in [0.25, 0.3) is 5.91 Å². The van der Waals surface area contributed by atoms with Crippen LogP contribution in [0.15, 0.2) is 57.1 Å². The molecule has 1 aromatic heterocycles. The van der Waals surface area contributed by atoms with Crippen LogP contribution in [0, 0.1) is 0 Å². The molecule has 2 atom stereocenters. The lowest BCUT2D eigenvalue weighted by atomic mass is 10.1. The fraction of sp³-hybridized carbons (Fsp3) is 0.375. The normalized spacial score (nSPS) is 17.4. The van der Waals surface area contributed by atoms with E-state index in [4.69, 9.17) is 4.42 Å². The Hall–Kier alpha value is -3.40. The quantitative estimate of drug-likeness (QED) is 0.571. The van der Waals surface area contributed by atoms with Gasteiger partial charge in [0.2, 0.25) is 11.8 Å². The molecule has 2 aromatic rings. The molecule has 0 bridgehead atoms. The van der Waals surface area contributed by atoms with Crippen molar-refractivity contribution in [2.75, 3.05) is 5.75 Å². The number of hydrogen-bond donors (Lipinski definition) is 2. The van der Waals surface area contributed by atoms with Crippen molar-refractivity contribution in [3.05, 3.63) is 54.0 Å². The number of furan rings is 1. The van der Waals surface area contributed by atoms with Gasteiger partial charge < -0.3 is 15.1 Å². The molecule has 0 aliphatic carbocycles. The van der Waals surface area contributed by atoms with Crippen LogP contribution < -0.4 is 10.6 Å². The van der Waals surface area contributed by atoms with Gasteiger partial charge in [-0.3, -0.25) is 19.4 Å². The minimum absolute atomic E-state index is 0.0796. The van der Waals surface area contributed by atoms with Crippen LogP contribution in [0.4, 0.5) is 5.69 Å². The van der Waals surface area contributed by atoms with E-state index in [1.165, 1.54) is 16.7 Å². The molecule has 3 heterocycles. The van der Waals surface area contributed by atoms with E-state index in [9.17, 15) is 14.4 Å². The predicted octanol–water partition coefficient (Wildman–Crippen LogP) is 2.98. The number of nitrogens with zero attached hydrogens (tertiary/aromatic N) is 3. The van der Waals surface area contributed by atoms with E-state index in [0.29, 0.717) is 29.0 Å². The Kier molecular flexibility index (Phi) is 7.46. The molecule has 2 aliphatic rings. The van der Waals surface area contributed by atoms with E-state index in [-0.39, 0.29) is 42.4 Å². The summed E-state index contributed by atoms with van der Waals surface area (Å²) in [6, 6.07) is 10.4. The number of hydrogen-bond acceptors (Lipinski definition) is 7. The summed E-state index contributed by atoms with van der Waals surface area (Å²) in [6.45, 7) is 4.25. The van der Waals surface area contributed by atoms with E-state index in [2.05, 4.69) is 20.6 Å². The standard InChI is InChI=1S/C24H27N5O4S/c1-3-15(2)26-21(31)14-34-24-28-18-9-5-4-8-17(18)22-27-19(23(32)29(22)24)10-11-20(30)25-13-16-7-6-12-33-16/h4-9,12,15,19H,3,10-11,13-14H2,1-2H3,(H,25,30)(H,26,31)/t15-,19-/m1/s1. The Morgan fingerprint density at radius 3 is 2.79 bits per heavy atom. The lowest BCUT2D eigenvalue weighted by molar-refractivity contribution is -0.125. The van der Waals surface area contributed by atoms with Crippen molar-refractivity contribution in [2.45, 2.75) is 51.7 Å². The van der Waals surface area contributed by atoms with Gasteiger partial charge in [0.1, 0.15) is 17.6 Å². The van der Waals surface area contributed by atoms with Gasteiger partial charge in [-0.05, 0) is 44.0 Å². The monoisotopic (exact) mass is 481 g/mol. The number of carbonyl (C=O) groups excluding carboxylic acids is 3. The third-order valence-corrected chi connectivity index (χ3v) is 6.52. The van der Waals surface area contributed by atoms with Crippen molar-refractivity contribution in [2.24, 2.45) is 9.98 Å². The zero-order chi connectivity index (χ0) is 24.1. The molecule has 0 fully saturated rings. The van der Waals surface area contributed by atoms with Crippen LogP contribution in [0.5, 0.6) is 0 Å². The SMILES string of the molecule is CC[C@@H](C)NC(=O)CSC1=Nc2ccccc2C2=N[C@H](CCC(=O)NCc3ccco3)C(=O)N12. The predicted molar refractivity (Wildman–Crippen MR) is 131 cm³/mol. The lowest BCUT2D eigenvalue weighted by Gasteiger charge is -2.25. The topological polar surface area (TPSA) is 116 Å². The number of fused-ring (bicyclic) bond motifs is 3. The highest BCUT2D eigenvalue weighted by atomic mass is 32.2. The molecule has 0 unspecified atom stereocenters. The maximum Gasteiger partial charge on any atom is 0.259 e. The van der Waals surface area contributed by atoms with Gasteiger partial charge in [-0.15, -0.1) is 0 Å². The van der Waals surface area contributed by atoms with Crippen molar-refractivity contribution < 1.29 is 18.8 Å². The second-order valence-electron chi connectivity index (χ2n) is 8.11. The number of benzene rings is 1. The third-order valence-electron chi connectivity index (χ3n) is 5.58. The van der Waals surface area contributed by atoms with Gasteiger partial charge in [0.05, 0.1) is 24.2 Å². The van der Waals surface area contributed by atoms with E-state index < -0.39 is 6.04 Å². The lowest BCUT2D eigenvalue weighted by Crippen LogP contribution is -2.42. The molecule has 0 saturated heterocycles. The second-order valence-corrected chi connectivity index (χ2v) is 9.06. The van der Waals surface area contributed by atoms with Crippen LogP contribution in [0.25, 0.3) is 0 Å². The number of rotatable bonds is 9. The molecular weight excluding hydrogens is 454 g/mol. The third kappa shape index (κ3) is 5.39. The highest BCUT2D eigenvalue weighted by molar-refractivity contribution is 8.14. The second kappa shape index (κ2) is 10.7. The fourth-order valence-corrected chi connectivity index (χ4v) is 4.40. The largest absolute Gasteiger partial charge is 0.467 e. The molecule has 0 spiro atoms. The number of para-hydroxylation sites is 1. The van der Waals surface area contributed by atoms with Crippen molar-refractivity contribution in [1.29, 1.82) is 0 Å². The van der Waals surface area contributed by atoms with Gasteiger partial charge in [0.15, 0.2) is 5.17 Å².